The molecule has 1 aliphatic heterocycles. The van der Waals surface area contributed by atoms with Crippen molar-refractivity contribution in [3.05, 3.63) is 29.3 Å². The Morgan fingerprint density at radius 1 is 1.33 bits per heavy atom. The highest BCUT2D eigenvalue weighted by Gasteiger charge is 2.24. The Labute approximate surface area is 145 Å². The first-order chi connectivity index (χ1) is 11.6. The number of hydrogen-bond donors (Lipinski definition) is 0. The minimum absolute atomic E-state index is 0.0480. The molecular weight excluding hydrogens is 328 g/mol. The summed E-state index contributed by atoms with van der Waals surface area (Å²) in [4.78, 5) is 18.9. The van der Waals surface area contributed by atoms with Crippen LogP contribution in [0, 0.1) is 0 Å². The zero-order chi connectivity index (χ0) is 17.1. The molecule has 0 saturated carbocycles. The number of morpholine rings is 1. The summed E-state index contributed by atoms with van der Waals surface area (Å²) in [5.74, 6) is 1.25. The fourth-order valence-electron chi connectivity index (χ4n) is 2.64. The molecule has 128 valence electrons. The van der Waals surface area contributed by atoms with Gasteiger partial charge >= 0.3 is 0 Å². The van der Waals surface area contributed by atoms with Crippen LogP contribution in [-0.4, -0.2) is 55.8 Å². The van der Waals surface area contributed by atoms with E-state index in [1.165, 1.54) is 11.3 Å². The molecule has 1 unspecified atom stereocenters. The molecule has 2 aromatic rings. The number of methoxy groups -OCH3 is 2. The molecule has 1 amide bonds. The van der Waals surface area contributed by atoms with Crippen LogP contribution in [0.15, 0.2) is 23.6 Å². The summed E-state index contributed by atoms with van der Waals surface area (Å²) in [5.41, 5.74) is 1.37. The van der Waals surface area contributed by atoms with E-state index in [-0.39, 0.29) is 12.0 Å². The standard InChI is InChI=1S/C17H20N2O4S/c1-11-9-19(6-7-23-11)17(20)13-10-24-16(18-13)12-4-5-14(21-2)15(8-12)22-3/h4-5,8,10-11H,6-7,9H2,1-3H3. The summed E-state index contributed by atoms with van der Waals surface area (Å²) in [7, 11) is 3.19. The van der Waals surface area contributed by atoms with Gasteiger partial charge in [0.1, 0.15) is 10.7 Å². The predicted octanol–water partition coefficient (Wildman–Crippen LogP) is 2.69. The molecule has 1 aromatic carbocycles. The van der Waals surface area contributed by atoms with Crippen molar-refractivity contribution in [2.24, 2.45) is 0 Å². The zero-order valence-corrected chi connectivity index (χ0v) is 14.8. The van der Waals surface area contributed by atoms with Crippen LogP contribution in [0.3, 0.4) is 0 Å². The van der Waals surface area contributed by atoms with Crippen LogP contribution in [0.2, 0.25) is 0 Å². The molecule has 1 atom stereocenters. The van der Waals surface area contributed by atoms with E-state index in [2.05, 4.69) is 4.98 Å². The molecule has 6 nitrogen and oxygen atoms in total. The van der Waals surface area contributed by atoms with E-state index in [1.807, 2.05) is 25.1 Å². The van der Waals surface area contributed by atoms with Gasteiger partial charge in [0.15, 0.2) is 11.5 Å². The highest BCUT2D eigenvalue weighted by molar-refractivity contribution is 7.13. The lowest BCUT2D eigenvalue weighted by atomic mass is 10.2. The lowest BCUT2D eigenvalue weighted by Crippen LogP contribution is -2.44. The number of carbonyl (C=O) groups excluding carboxylic acids is 1. The molecule has 0 N–H and O–H groups in total. The molecule has 0 spiro atoms. The van der Waals surface area contributed by atoms with Crippen LogP contribution in [0.1, 0.15) is 17.4 Å². The molecule has 1 fully saturated rings. The number of benzene rings is 1. The van der Waals surface area contributed by atoms with E-state index in [0.717, 1.165) is 10.6 Å². The summed E-state index contributed by atoms with van der Waals surface area (Å²) in [6.45, 7) is 3.74. The van der Waals surface area contributed by atoms with E-state index < -0.39 is 0 Å². The van der Waals surface area contributed by atoms with E-state index in [0.29, 0.717) is 36.9 Å². The maximum Gasteiger partial charge on any atom is 0.273 e. The maximum absolute atomic E-state index is 12.6. The van der Waals surface area contributed by atoms with Crippen LogP contribution in [0.25, 0.3) is 10.6 Å². The van der Waals surface area contributed by atoms with Gasteiger partial charge in [-0.2, -0.15) is 0 Å². The first-order valence-electron chi connectivity index (χ1n) is 7.71. The summed E-state index contributed by atoms with van der Waals surface area (Å²) in [5, 5.41) is 2.58. The minimum atomic E-state index is -0.0480. The fraction of sp³-hybridized carbons (Fsp3) is 0.412. The van der Waals surface area contributed by atoms with Crippen LogP contribution >= 0.6 is 11.3 Å². The Hall–Kier alpha value is -2.12. The highest BCUT2D eigenvalue weighted by Crippen LogP contribution is 2.33. The molecule has 0 radical (unpaired) electrons. The van der Waals surface area contributed by atoms with Crippen molar-refractivity contribution >= 4 is 17.2 Å². The number of nitrogens with zero attached hydrogens (tertiary/aromatic N) is 2. The summed E-state index contributed by atoms with van der Waals surface area (Å²) >= 11 is 1.44. The maximum atomic E-state index is 12.6. The first-order valence-corrected chi connectivity index (χ1v) is 8.59. The number of thiazole rings is 1. The number of hydrogen-bond acceptors (Lipinski definition) is 6. The highest BCUT2D eigenvalue weighted by atomic mass is 32.1. The molecule has 1 aliphatic rings. The smallest absolute Gasteiger partial charge is 0.273 e. The molecule has 7 heteroatoms. The Kier molecular flexibility index (Phi) is 5.01. The van der Waals surface area contributed by atoms with Crippen molar-refractivity contribution < 1.29 is 19.0 Å². The number of aromatic nitrogens is 1. The summed E-state index contributed by atoms with van der Waals surface area (Å²) < 4.78 is 16.0. The van der Waals surface area contributed by atoms with Crippen molar-refractivity contribution in [2.75, 3.05) is 33.9 Å². The lowest BCUT2D eigenvalue weighted by molar-refractivity contribution is -0.0126. The van der Waals surface area contributed by atoms with Gasteiger partial charge in [-0.05, 0) is 25.1 Å². The molecule has 1 aromatic heterocycles. The van der Waals surface area contributed by atoms with E-state index in [1.54, 1.807) is 24.5 Å². The van der Waals surface area contributed by atoms with Crippen molar-refractivity contribution in [3.63, 3.8) is 0 Å². The third-order valence-corrected chi connectivity index (χ3v) is 4.77. The van der Waals surface area contributed by atoms with E-state index >= 15 is 0 Å². The lowest BCUT2D eigenvalue weighted by Gasteiger charge is -2.30. The second kappa shape index (κ2) is 7.19. The Bertz CT molecular complexity index is 731. The third-order valence-electron chi connectivity index (χ3n) is 3.88. The fourth-order valence-corrected chi connectivity index (χ4v) is 3.43. The van der Waals surface area contributed by atoms with E-state index in [4.69, 9.17) is 14.2 Å². The predicted molar refractivity (Wildman–Crippen MR) is 92.0 cm³/mol. The van der Waals surface area contributed by atoms with Crippen LogP contribution in [0.5, 0.6) is 11.5 Å². The molecule has 24 heavy (non-hydrogen) atoms. The number of ether oxygens (including phenoxy) is 3. The molecule has 1 saturated heterocycles. The topological polar surface area (TPSA) is 60.9 Å². The molecular formula is C17H20N2O4S. The first kappa shape index (κ1) is 16.7. The van der Waals surface area contributed by atoms with Gasteiger partial charge in [-0.15, -0.1) is 11.3 Å². The molecule has 2 heterocycles. The summed E-state index contributed by atoms with van der Waals surface area (Å²) in [6.07, 6.45) is 0.0617. The van der Waals surface area contributed by atoms with E-state index in [9.17, 15) is 4.79 Å². The Morgan fingerprint density at radius 2 is 2.12 bits per heavy atom. The van der Waals surface area contributed by atoms with Crippen molar-refractivity contribution in [3.8, 4) is 22.1 Å². The number of carbonyl (C=O) groups is 1. The van der Waals surface area contributed by atoms with Crippen molar-refractivity contribution in [1.29, 1.82) is 0 Å². The zero-order valence-electron chi connectivity index (χ0n) is 13.9. The minimum Gasteiger partial charge on any atom is -0.493 e. The second-order valence-electron chi connectivity index (χ2n) is 5.54. The van der Waals surface area contributed by atoms with Crippen molar-refractivity contribution in [2.45, 2.75) is 13.0 Å². The SMILES string of the molecule is COc1ccc(-c2nc(C(=O)N3CCOC(C)C3)cs2)cc1OC. The molecule has 0 aliphatic carbocycles. The molecule has 3 rings (SSSR count). The average molecular weight is 348 g/mol. The largest absolute Gasteiger partial charge is 0.493 e. The van der Waals surface area contributed by atoms with Gasteiger partial charge in [0.2, 0.25) is 0 Å². The van der Waals surface area contributed by atoms with Gasteiger partial charge in [0.25, 0.3) is 5.91 Å². The number of rotatable bonds is 4. The third kappa shape index (κ3) is 3.37. The van der Waals surface area contributed by atoms with Crippen LogP contribution in [-0.2, 0) is 4.74 Å². The van der Waals surface area contributed by atoms with Gasteiger partial charge in [-0.25, -0.2) is 4.98 Å². The van der Waals surface area contributed by atoms with Crippen LogP contribution < -0.4 is 9.47 Å². The van der Waals surface area contributed by atoms with Gasteiger partial charge in [0, 0.05) is 24.0 Å². The number of amides is 1. The molecule has 0 bridgehead atoms. The quantitative estimate of drug-likeness (QED) is 0.850. The van der Waals surface area contributed by atoms with Gasteiger partial charge in [-0.1, -0.05) is 0 Å². The second-order valence-corrected chi connectivity index (χ2v) is 6.40. The van der Waals surface area contributed by atoms with Gasteiger partial charge in [-0.3, -0.25) is 4.79 Å². The Balaban J connectivity index is 1.81. The normalized spacial score (nSPS) is 17.6. The van der Waals surface area contributed by atoms with Crippen molar-refractivity contribution in [1.82, 2.24) is 9.88 Å². The van der Waals surface area contributed by atoms with Gasteiger partial charge < -0.3 is 19.1 Å². The Morgan fingerprint density at radius 3 is 2.83 bits per heavy atom. The monoisotopic (exact) mass is 348 g/mol. The van der Waals surface area contributed by atoms with Gasteiger partial charge in [0.05, 0.1) is 26.9 Å². The average Bonchev–Trinajstić information content (AvgIpc) is 3.10. The van der Waals surface area contributed by atoms with Crippen LogP contribution in [0.4, 0.5) is 0 Å². The summed E-state index contributed by atoms with van der Waals surface area (Å²) in [6, 6.07) is 5.61.